The van der Waals surface area contributed by atoms with E-state index >= 15 is 0 Å². The van der Waals surface area contributed by atoms with Gasteiger partial charge in [0.25, 0.3) is 0 Å². The molecule has 0 aromatic carbocycles. The maximum absolute atomic E-state index is 10.3. The van der Waals surface area contributed by atoms with Crippen LogP contribution in [0.1, 0.15) is 84.0 Å². The third-order valence-corrected chi connectivity index (χ3v) is 4.02. The predicted octanol–water partition coefficient (Wildman–Crippen LogP) is 0.300. The molecule has 0 aliphatic rings. The van der Waals surface area contributed by atoms with Crippen LogP contribution in [0.4, 0.5) is 0 Å². The molecule has 0 aliphatic carbocycles. The fourth-order valence-corrected chi connectivity index (χ4v) is 2.28. The van der Waals surface area contributed by atoms with Gasteiger partial charge in [0.1, 0.15) is 0 Å². The number of carboxylic acids is 1. The number of unbranched alkanes of at least 4 members (excludes halogenated alkanes) is 10. The summed E-state index contributed by atoms with van der Waals surface area (Å²) in [5.74, 6) is -1.34. The number of aliphatic hydroxyl groups is 1. The van der Waals surface area contributed by atoms with E-state index in [2.05, 4.69) is 6.92 Å². The zero-order chi connectivity index (χ0) is 18.0. The zero-order valence-electron chi connectivity index (χ0n) is 15.3. The van der Waals surface area contributed by atoms with Gasteiger partial charge in [-0.2, -0.15) is 0 Å². The van der Waals surface area contributed by atoms with Crippen molar-refractivity contribution in [3.8, 4) is 0 Å². The van der Waals surface area contributed by atoms with E-state index in [0.29, 0.717) is 6.42 Å². The second-order valence-corrected chi connectivity index (χ2v) is 7.19. The summed E-state index contributed by atoms with van der Waals surface area (Å²) in [5, 5.41) is 16.3. The Labute approximate surface area is 169 Å². The van der Waals surface area contributed by atoms with Gasteiger partial charge in [0.05, 0.1) is 22.5 Å². The molecule has 0 fully saturated rings. The largest absolute Gasteiger partial charge is 1.00 e. The third kappa shape index (κ3) is 33.8. The van der Waals surface area contributed by atoms with E-state index in [4.69, 9.17) is 10.2 Å². The van der Waals surface area contributed by atoms with E-state index in [9.17, 15) is 17.8 Å². The van der Waals surface area contributed by atoms with Crippen LogP contribution in [0.25, 0.3) is 0 Å². The normalized spacial score (nSPS) is 10.5. The van der Waals surface area contributed by atoms with Crippen molar-refractivity contribution in [2.45, 2.75) is 84.0 Å². The predicted molar refractivity (Wildman–Crippen MR) is 90.4 cm³/mol. The molecular weight excluding hydrogens is 343 g/mol. The fraction of sp³-hybridized carbons (Fsp3) is 0.938. The van der Waals surface area contributed by atoms with Gasteiger partial charge in [-0.1, -0.05) is 71.1 Å². The summed E-state index contributed by atoms with van der Waals surface area (Å²) in [6.45, 7) is 1.66. The monoisotopic (exact) mass is 376 g/mol. The van der Waals surface area contributed by atoms with E-state index in [1.165, 1.54) is 57.8 Å². The SMILES string of the molecule is CCCCCCCCCCCCCC(=O)O.O=S(=O)([O-])CCO.[Na+]. The Bertz CT molecular complexity index is 360. The smallest absolute Gasteiger partial charge is 0.748 e. The molecule has 0 heterocycles. The molecule has 0 amide bonds. The molecule has 0 unspecified atom stereocenters. The average Bonchev–Trinajstić information content (AvgIpc) is 2.44. The molecular formula is C16H33NaO6S. The Balaban J connectivity index is -0.000000468. The second kappa shape index (κ2) is 21.4. The summed E-state index contributed by atoms with van der Waals surface area (Å²) < 4.78 is 28.5. The first kappa shape index (κ1) is 29.1. The minimum absolute atomic E-state index is 0. The number of carboxylic acid groups (broad SMARTS) is 1. The van der Waals surface area contributed by atoms with Crippen molar-refractivity contribution in [1.82, 2.24) is 0 Å². The van der Waals surface area contributed by atoms with Gasteiger partial charge in [0, 0.05) is 6.42 Å². The molecule has 24 heavy (non-hydrogen) atoms. The summed E-state index contributed by atoms with van der Waals surface area (Å²) >= 11 is 0. The van der Waals surface area contributed by atoms with Gasteiger partial charge in [-0.25, -0.2) is 8.42 Å². The summed E-state index contributed by atoms with van der Waals surface area (Å²) in [5.41, 5.74) is 0. The first-order valence-corrected chi connectivity index (χ1v) is 10.2. The molecule has 0 saturated heterocycles. The van der Waals surface area contributed by atoms with Gasteiger partial charge in [0.15, 0.2) is 0 Å². The van der Waals surface area contributed by atoms with Crippen molar-refractivity contribution in [2.75, 3.05) is 12.4 Å². The van der Waals surface area contributed by atoms with Gasteiger partial charge in [-0.05, 0) is 6.42 Å². The van der Waals surface area contributed by atoms with Crippen molar-refractivity contribution < 1.29 is 57.5 Å². The molecule has 8 heteroatoms. The number of hydrogen-bond donors (Lipinski definition) is 2. The number of hydrogen-bond acceptors (Lipinski definition) is 5. The number of aliphatic carboxylic acids is 1. The van der Waals surface area contributed by atoms with E-state index < -0.39 is 28.4 Å². The number of rotatable bonds is 14. The number of aliphatic hydroxyl groups excluding tert-OH is 1. The van der Waals surface area contributed by atoms with Crippen LogP contribution >= 0.6 is 0 Å². The third-order valence-electron chi connectivity index (χ3n) is 3.34. The standard InChI is InChI=1S/C14H28O2.C2H6O4S.Na/c1-2-3-4-5-6-7-8-9-10-11-12-13-14(15)16;3-1-2-7(4,5)6;/h2-13H2,1H3,(H,15,16);3H,1-2H2,(H,4,5,6);/q;;+1/p-1. The van der Waals surface area contributed by atoms with Crippen molar-refractivity contribution in [3.05, 3.63) is 0 Å². The van der Waals surface area contributed by atoms with Crippen molar-refractivity contribution in [1.29, 1.82) is 0 Å². The molecule has 0 atom stereocenters. The van der Waals surface area contributed by atoms with Crippen LogP contribution in [0.5, 0.6) is 0 Å². The quantitative estimate of drug-likeness (QED) is 0.256. The van der Waals surface area contributed by atoms with Crippen molar-refractivity contribution in [2.24, 2.45) is 0 Å². The maximum atomic E-state index is 10.3. The molecule has 6 nitrogen and oxygen atoms in total. The Morgan fingerprint density at radius 3 is 1.50 bits per heavy atom. The van der Waals surface area contributed by atoms with Crippen LogP contribution in [-0.4, -0.2) is 41.5 Å². The van der Waals surface area contributed by atoms with Crippen LogP contribution in [0.15, 0.2) is 0 Å². The zero-order valence-corrected chi connectivity index (χ0v) is 18.2. The van der Waals surface area contributed by atoms with Gasteiger partial charge >= 0.3 is 35.5 Å². The number of carbonyl (C=O) groups is 1. The molecule has 140 valence electrons. The van der Waals surface area contributed by atoms with Gasteiger partial charge in [-0.15, -0.1) is 0 Å². The Morgan fingerprint density at radius 2 is 1.25 bits per heavy atom. The van der Waals surface area contributed by atoms with Gasteiger partial charge in [0.2, 0.25) is 0 Å². The van der Waals surface area contributed by atoms with E-state index in [1.807, 2.05) is 0 Å². The molecule has 0 radical (unpaired) electrons. The summed E-state index contributed by atoms with van der Waals surface area (Å²) in [4.78, 5) is 10.3. The molecule has 2 N–H and O–H groups in total. The summed E-state index contributed by atoms with van der Waals surface area (Å²) in [7, 11) is -4.17. The molecule has 0 bridgehead atoms. The fourth-order valence-electron chi connectivity index (χ4n) is 2.05. The molecule has 0 aromatic heterocycles. The van der Waals surface area contributed by atoms with E-state index in [0.717, 1.165) is 12.8 Å². The first-order chi connectivity index (χ1) is 10.8. The minimum Gasteiger partial charge on any atom is -0.748 e. The maximum Gasteiger partial charge on any atom is 1.00 e. The Kier molecular flexibility index (Phi) is 25.9. The van der Waals surface area contributed by atoms with Crippen LogP contribution in [0.3, 0.4) is 0 Å². The first-order valence-electron chi connectivity index (χ1n) is 8.59. The van der Waals surface area contributed by atoms with E-state index in [-0.39, 0.29) is 29.6 Å². The molecule has 0 aromatic rings. The molecule has 0 aliphatic heterocycles. The topological polar surface area (TPSA) is 115 Å². The molecule has 0 rings (SSSR count). The molecule has 0 spiro atoms. The average molecular weight is 376 g/mol. The van der Waals surface area contributed by atoms with Crippen LogP contribution < -0.4 is 29.6 Å². The van der Waals surface area contributed by atoms with Crippen LogP contribution in [-0.2, 0) is 14.9 Å². The van der Waals surface area contributed by atoms with Crippen LogP contribution in [0, 0.1) is 0 Å². The summed E-state index contributed by atoms with van der Waals surface area (Å²) in [6.07, 6.45) is 14.4. The summed E-state index contributed by atoms with van der Waals surface area (Å²) in [6, 6.07) is 0. The Hall–Kier alpha value is 0.340. The second-order valence-electron chi connectivity index (χ2n) is 5.66. The van der Waals surface area contributed by atoms with Crippen molar-refractivity contribution >= 4 is 16.1 Å². The van der Waals surface area contributed by atoms with Gasteiger partial charge in [-0.3, -0.25) is 4.79 Å². The minimum atomic E-state index is -4.17. The van der Waals surface area contributed by atoms with Crippen molar-refractivity contribution in [3.63, 3.8) is 0 Å². The Morgan fingerprint density at radius 1 is 0.875 bits per heavy atom. The van der Waals surface area contributed by atoms with E-state index in [1.54, 1.807) is 0 Å². The van der Waals surface area contributed by atoms with Crippen LogP contribution in [0.2, 0.25) is 0 Å². The molecule has 0 saturated carbocycles. The van der Waals surface area contributed by atoms with Gasteiger partial charge < -0.3 is 14.8 Å².